The Kier molecular flexibility index (Phi) is 6.27. The maximum atomic E-state index is 11.5. The fourth-order valence-corrected chi connectivity index (χ4v) is 2.02. The molecule has 1 saturated carbocycles. The number of hydrogen-bond donors (Lipinski definition) is 2. The Morgan fingerprint density at radius 2 is 2.00 bits per heavy atom. The number of methoxy groups -OCH3 is 1. The Hall–Kier alpha value is -0.810. The minimum atomic E-state index is -0.445. The molecule has 0 aromatic carbocycles. The monoisotopic (exact) mass is 286 g/mol. The molecule has 1 fully saturated rings. The molecule has 5 nitrogen and oxygen atoms in total. The van der Waals surface area contributed by atoms with Gasteiger partial charge in [0.15, 0.2) is 0 Å². The lowest BCUT2D eigenvalue weighted by Gasteiger charge is -2.22. The molecule has 0 spiro atoms. The predicted molar refractivity (Wildman–Crippen MR) is 79.9 cm³/mol. The Balaban J connectivity index is 2.14. The van der Waals surface area contributed by atoms with Crippen molar-refractivity contribution in [3.63, 3.8) is 0 Å². The van der Waals surface area contributed by atoms with E-state index in [4.69, 9.17) is 9.47 Å². The van der Waals surface area contributed by atoms with E-state index in [2.05, 4.69) is 17.6 Å². The number of hydrogen-bond acceptors (Lipinski definition) is 4. The van der Waals surface area contributed by atoms with Gasteiger partial charge in [-0.05, 0) is 52.4 Å². The lowest BCUT2D eigenvalue weighted by atomic mass is 10.0. The maximum Gasteiger partial charge on any atom is 0.407 e. The van der Waals surface area contributed by atoms with Crippen LogP contribution in [0.5, 0.6) is 0 Å². The average molecular weight is 286 g/mol. The number of rotatable bonds is 8. The van der Waals surface area contributed by atoms with Crippen LogP contribution in [0.3, 0.4) is 0 Å². The summed E-state index contributed by atoms with van der Waals surface area (Å²) in [5.74, 6) is 0. The molecule has 1 unspecified atom stereocenters. The van der Waals surface area contributed by atoms with Crippen LogP contribution in [-0.4, -0.2) is 44.5 Å². The fourth-order valence-electron chi connectivity index (χ4n) is 2.02. The summed E-state index contributed by atoms with van der Waals surface area (Å²) >= 11 is 0. The summed E-state index contributed by atoms with van der Waals surface area (Å²) in [6.07, 6.45) is 3.31. The van der Waals surface area contributed by atoms with Crippen LogP contribution in [0.1, 0.15) is 47.0 Å². The standard InChI is InChI=1S/C15H30N2O3/c1-12(10-16-13(18)20-14(2,3)4)17-11-15(6-7-15)8-9-19-5/h12,17H,6-11H2,1-5H3,(H,16,18). The summed E-state index contributed by atoms with van der Waals surface area (Å²) < 4.78 is 10.4. The highest BCUT2D eigenvalue weighted by Crippen LogP contribution is 2.48. The third kappa shape index (κ3) is 7.10. The zero-order valence-electron chi connectivity index (χ0n) is 13.5. The van der Waals surface area contributed by atoms with Gasteiger partial charge in [-0.25, -0.2) is 4.79 Å². The molecule has 0 heterocycles. The van der Waals surface area contributed by atoms with E-state index in [1.807, 2.05) is 20.8 Å². The topological polar surface area (TPSA) is 59.6 Å². The molecule has 0 radical (unpaired) electrons. The zero-order valence-corrected chi connectivity index (χ0v) is 13.5. The first-order chi connectivity index (χ1) is 9.26. The molecular formula is C15H30N2O3. The summed E-state index contributed by atoms with van der Waals surface area (Å²) in [6, 6.07) is 0.238. The van der Waals surface area contributed by atoms with Crippen molar-refractivity contribution in [1.82, 2.24) is 10.6 Å². The van der Waals surface area contributed by atoms with Gasteiger partial charge in [0.1, 0.15) is 5.60 Å². The first kappa shape index (κ1) is 17.2. The van der Waals surface area contributed by atoms with Crippen LogP contribution in [0, 0.1) is 5.41 Å². The molecule has 118 valence electrons. The molecule has 20 heavy (non-hydrogen) atoms. The van der Waals surface area contributed by atoms with Crippen LogP contribution < -0.4 is 10.6 Å². The highest BCUT2D eigenvalue weighted by molar-refractivity contribution is 5.67. The van der Waals surface area contributed by atoms with Gasteiger partial charge in [0, 0.05) is 32.8 Å². The van der Waals surface area contributed by atoms with Crippen LogP contribution in [0.25, 0.3) is 0 Å². The molecule has 0 aromatic heterocycles. The smallest absolute Gasteiger partial charge is 0.407 e. The predicted octanol–water partition coefficient (Wildman–Crippen LogP) is 2.31. The Bertz CT molecular complexity index is 309. The summed E-state index contributed by atoms with van der Waals surface area (Å²) in [5, 5.41) is 6.28. The van der Waals surface area contributed by atoms with Gasteiger partial charge in [-0.3, -0.25) is 0 Å². The third-order valence-corrected chi connectivity index (χ3v) is 3.57. The number of carbonyl (C=O) groups is 1. The van der Waals surface area contributed by atoms with Crippen molar-refractivity contribution < 1.29 is 14.3 Å². The van der Waals surface area contributed by atoms with E-state index in [0.717, 1.165) is 19.6 Å². The molecule has 0 aromatic rings. The van der Waals surface area contributed by atoms with E-state index in [1.54, 1.807) is 7.11 Å². The lowest BCUT2D eigenvalue weighted by Crippen LogP contribution is -2.42. The number of carbonyl (C=O) groups excluding carboxylic acids is 1. The molecule has 0 aliphatic heterocycles. The first-order valence-electron chi connectivity index (χ1n) is 7.45. The maximum absolute atomic E-state index is 11.5. The summed E-state index contributed by atoms with van der Waals surface area (Å²) in [6.45, 7) is 10.1. The Morgan fingerprint density at radius 3 is 2.50 bits per heavy atom. The quantitative estimate of drug-likeness (QED) is 0.719. The largest absolute Gasteiger partial charge is 0.444 e. The molecule has 5 heteroatoms. The minimum absolute atomic E-state index is 0.238. The van der Waals surface area contributed by atoms with Crippen molar-refractivity contribution in [3.05, 3.63) is 0 Å². The van der Waals surface area contributed by atoms with Gasteiger partial charge in [-0.1, -0.05) is 0 Å². The van der Waals surface area contributed by atoms with E-state index in [0.29, 0.717) is 12.0 Å². The van der Waals surface area contributed by atoms with Crippen molar-refractivity contribution in [3.8, 4) is 0 Å². The van der Waals surface area contributed by atoms with Crippen LogP contribution in [0.15, 0.2) is 0 Å². The van der Waals surface area contributed by atoms with Crippen molar-refractivity contribution in [1.29, 1.82) is 0 Å². The summed E-state index contributed by atoms with van der Waals surface area (Å²) in [5.41, 5.74) is -0.0187. The molecule has 2 N–H and O–H groups in total. The molecule has 1 rings (SSSR count). The zero-order chi connectivity index (χ0) is 15.2. The van der Waals surface area contributed by atoms with Gasteiger partial charge in [-0.2, -0.15) is 0 Å². The van der Waals surface area contributed by atoms with E-state index < -0.39 is 5.60 Å². The van der Waals surface area contributed by atoms with Gasteiger partial charge in [0.2, 0.25) is 0 Å². The van der Waals surface area contributed by atoms with Gasteiger partial charge >= 0.3 is 6.09 Å². The average Bonchev–Trinajstić information content (AvgIpc) is 3.10. The van der Waals surface area contributed by atoms with Crippen LogP contribution in [0.2, 0.25) is 0 Å². The number of ether oxygens (including phenoxy) is 2. The summed E-state index contributed by atoms with van der Waals surface area (Å²) in [4.78, 5) is 11.5. The van der Waals surface area contributed by atoms with E-state index in [-0.39, 0.29) is 12.1 Å². The third-order valence-electron chi connectivity index (χ3n) is 3.57. The summed E-state index contributed by atoms with van der Waals surface area (Å²) in [7, 11) is 1.75. The van der Waals surface area contributed by atoms with Crippen LogP contribution in [-0.2, 0) is 9.47 Å². The second-order valence-electron chi connectivity index (χ2n) is 6.91. The van der Waals surface area contributed by atoms with Crippen molar-refractivity contribution in [2.45, 2.75) is 58.6 Å². The highest BCUT2D eigenvalue weighted by Gasteiger charge is 2.41. The molecule has 1 aliphatic rings. The molecule has 1 aliphatic carbocycles. The van der Waals surface area contributed by atoms with E-state index in [9.17, 15) is 4.79 Å². The lowest BCUT2D eigenvalue weighted by molar-refractivity contribution is 0.0523. The van der Waals surface area contributed by atoms with Crippen molar-refractivity contribution in [2.24, 2.45) is 5.41 Å². The van der Waals surface area contributed by atoms with Gasteiger partial charge in [-0.15, -0.1) is 0 Å². The second-order valence-corrected chi connectivity index (χ2v) is 6.91. The SMILES string of the molecule is COCCC1(CNC(C)CNC(=O)OC(C)(C)C)CC1. The number of nitrogens with one attached hydrogen (secondary N) is 2. The van der Waals surface area contributed by atoms with Crippen molar-refractivity contribution >= 4 is 6.09 Å². The van der Waals surface area contributed by atoms with Crippen LogP contribution >= 0.6 is 0 Å². The number of amides is 1. The molecule has 0 saturated heterocycles. The normalized spacial score (nSPS) is 18.4. The highest BCUT2D eigenvalue weighted by atomic mass is 16.6. The molecule has 1 amide bonds. The Labute approximate surface area is 122 Å². The molecule has 0 bridgehead atoms. The molecule has 1 atom stereocenters. The van der Waals surface area contributed by atoms with Gasteiger partial charge < -0.3 is 20.1 Å². The van der Waals surface area contributed by atoms with Gasteiger partial charge in [0.05, 0.1) is 0 Å². The van der Waals surface area contributed by atoms with Crippen molar-refractivity contribution in [2.75, 3.05) is 26.8 Å². The second kappa shape index (κ2) is 7.27. The molecular weight excluding hydrogens is 256 g/mol. The minimum Gasteiger partial charge on any atom is -0.444 e. The van der Waals surface area contributed by atoms with E-state index >= 15 is 0 Å². The Morgan fingerprint density at radius 1 is 1.35 bits per heavy atom. The van der Waals surface area contributed by atoms with Gasteiger partial charge in [0.25, 0.3) is 0 Å². The fraction of sp³-hybridized carbons (Fsp3) is 0.933. The number of alkyl carbamates (subject to hydrolysis) is 1. The van der Waals surface area contributed by atoms with E-state index in [1.165, 1.54) is 12.8 Å². The van der Waals surface area contributed by atoms with Crippen LogP contribution in [0.4, 0.5) is 4.79 Å². The first-order valence-corrected chi connectivity index (χ1v) is 7.45.